The standard InChI is InChI=1S/C19H18O5/c1-3-16(19(21)22-4-2)23-12-9-10-14-13-7-5-6-8-15(13)18(20)24-17(14)11-12/h5-11,16H,3-4H2,1-2H3. The molecule has 124 valence electrons. The summed E-state index contributed by atoms with van der Waals surface area (Å²) in [7, 11) is 0. The van der Waals surface area contributed by atoms with Gasteiger partial charge in [-0.15, -0.1) is 0 Å². The van der Waals surface area contributed by atoms with Crippen molar-refractivity contribution in [1.29, 1.82) is 0 Å². The number of ether oxygens (including phenoxy) is 2. The maximum Gasteiger partial charge on any atom is 0.347 e. The van der Waals surface area contributed by atoms with E-state index in [2.05, 4.69) is 0 Å². The van der Waals surface area contributed by atoms with E-state index in [-0.39, 0.29) is 0 Å². The van der Waals surface area contributed by atoms with Crippen molar-refractivity contribution in [1.82, 2.24) is 0 Å². The van der Waals surface area contributed by atoms with E-state index in [0.717, 1.165) is 10.8 Å². The molecule has 3 aromatic rings. The number of benzene rings is 2. The molecule has 5 heteroatoms. The first kappa shape index (κ1) is 16.1. The van der Waals surface area contributed by atoms with E-state index in [1.807, 2.05) is 25.1 Å². The smallest absolute Gasteiger partial charge is 0.347 e. The summed E-state index contributed by atoms with van der Waals surface area (Å²) in [4.78, 5) is 23.9. The molecular weight excluding hydrogens is 308 g/mol. The SMILES string of the molecule is CCOC(=O)C(CC)Oc1ccc2c(c1)oc(=O)c1ccccc12. The Kier molecular flexibility index (Phi) is 4.51. The Balaban J connectivity index is 2.01. The van der Waals surface area contributed by atoms with E-state index in [9.17, 15) is 9.59 Å². The molecule has 0 bridgehead atoms. The third kappa shape index (κ3) is 2.97. The molecular formula is C19H18O5. The maximum atomic E-state index is 12.1. The molecule has 24 heavy (non-hydrogen) atoms. The Labute approximate surface area is 138 Å². The van der Waals surface area contributed by atoms with Gasteiger partial charge in [-0.25, -0.2) is 9.59 Å². The second kappa shape index (κ2) is 6.74. The first-order valence-electron chi connectivity index (χ1n) is 7.93. The summed E-state index contributed by atoms with van der Waals surface area (Å²) >= 11 is 0. The zero-order valence-corrected chi connectivity index (χ0v) is 13.6. The monoisotopic (exact) mass is 326 g/mol. The Bertz CT molecular complexity index is 941. The zero-order valence-electron chi connectivity index (χ0n) is 13.6. The number of hydrogen-bond acceptors (Lipinski definition) is 5. The van der Waals surface area contributed by atoms with Crippen LogP contribution in [0.5, 0.6) is 5.75 Å². The molecule has 0 saturated carbocycles. The van der Waals surface area contributed by atoms with Gasteiger partial charge in [0.2, 0.25) is 0 Å². The van der Waals surface area contributed by atoms with Crippen LogP contribution in [0.4, 0.5) is 0 Å². The summed E-state index contributed by atoms with van der Waals surface area (Å²) in [6.45, 7) is 3.90. The van der Waals surface area contributed by atoms with E-state index in [4.69, 9.17) is 13.9 Å². The third-order valence-electron chi connectivity index (χ3n) is 3.79. The highest BCUT2D eigenvalue weighted by Gasteiger charge is 2.20. The van der Waals surface area contributed by atoms with Gasteiger partial charge in [0, 0.05) is 11.5 Å². The molecule has 3 rings (SSSR count). The van der Waals surface area contributed by atoms with Crippen LogP contribution in [0.25, 0.3) is 21.7 Å². The van der Waals surface area contributed by atoms with Crippen LogP contribution in [0.1, 0.15) is 20.3 Å². The highest BCUT2D eigenvalue weighted by atomic mass is 16.6. The van der Waals surface area contributed by atoms with Crippen molar-refractivity contribution in [3.63, 3.8) is 0 Å². The van der Waals surface area contributed by atoms with Crippen LogP contribution in [0.2, 0.25) is 0 Å². The van der Waals surface area contributed by atoms with Crippen molar-refractivity contribution >= 4 is 27.7 Å². The Morgan fingerprint density at radius 1 is 1.08 bits per heavy atom. The topological polar surface area (TPSA) is 65.7 Å². The van der Waals surface area contributed by atoms with E-state index < -0.39 is 17.7 Å². The molecule has 5 nitrogen and oxygen atoms in total. The van der Waals surface area contributed by atoms with Gasteiger partial charge in [0.05, 0.1) is 12.0 Å². The number of esters is 1. The van der Waals surface area contributed by atoms with Gasteiger partial charge in [0.1, 0.15) is 11.3 Å². The normalized spacial score (nSPS) is 12.2. The number of hydrogen-bond donors (Lipinski definition) is 0. The van der Waals surface area contributed by atoms with Crippen LogP contribution in [0.3, 0.4) is 0 Å². The average Bonchev–Trinajstić information content (AvgIpc) is 2.60. The second-order valence-electron chi connectivity index (χ2n) is 5.36. The summed E-state index contributed by atoms with van der Waals surface area (Å²) in [5, 5.41) is 2.19. The molecule has 0 amide bonds. The molecule has 0 N–H and O–H groups in total. The van der Waals surface area contributed by atoms with Gasteiger partial charge in [0.25, 0.3) is 0 Å². The largest absolute Gasteiger partial charge is 0.479 e. The minimum Gasteiger partial charge on any atom is -0.479 e. The molecule has 2 aromatic carbocycles. The lowest BCUT2D eigenvalue weighted by molar-refractivity contribution is -0.151. The fourth-order valence-corrected chi connectivity index (χ4v) is 2.63. The summed E-state index contributed by atoms with van der Waals surface area (Å²) < 4.78 is 16.1. The molecule has 1 aromatic heterocycles. The first-order valence-corrected chi connectivity index (χ1v) is 7.93. The van der Waals surface area contributed by atoms with Crippen molar-refractivity contribution in [2.24, 2.45) is 0 Å². The Hall–Kier alpha value is -2.82. The lowest BCUT2D eigenvalue weighted by Crippen LogP contribution is -2.28. The molecule has 1 heterocycles. The van der Waals surface area contributed by atoms with Crippen molar-refractivity contribution in [2.75, 3.05) is 6.61 Å². The fourth-order valence-electron chi connectivity index (χ4n) is 2.63. The van der Waals surface area contributed by atoms with Gasteiger partial charge in [-0.1, -0.05) is 25.1 Å². The summed E-state index contributed by atoms with van der Waals surface area (Å²) in [6, 6.07) is 12.5. The second-order valence-corrected chi connectivity index (χ2v) is 5.36. The van der Waals surface area contributed by atoms with Gasteiger partial charge in [-0.05, 0) is 36.9 Å². The van der Waals surface area contributed by atoms with Crippen LogP contribution >= 0.6 is 0 Å². The summed E-state index contributed by atoms with van der Waals surface area (Å²) in [6.07, 6.45) is -0.201. The molecule has 0 radical (unpaired) electrons. The Morgan fingerprint density at radius 2 is 1.83 bits per heavy atom. The Morgan fingerprint density at radius 3 is 2.54 bits per heavy atom. The molecule has 0 fully saturated rings. The molecule has 1 atom stereocenters. The predicted molar refractivity (Wildman–Crippen MR) is 91.3 cm³/mol. The summed E-state index contributed by atoms with van der Waals surface area (Å²) in [5.41, 5.74) is 0.0302. The summed E-state index contributed by atoms with van der Waals surface area (Å²) in [5.74, 6) is 0.0564. The van der Waals surface area contributed by atoms with Crippen molar-refractivity contribution < 1.29 is 18.7 Å². The third-order valence-corrected chi connectivity index (χ3v) is 3.79. The van der Waals surface area contributed by atoms with Gasteiger partial charge >= 0.3 is 11.6 Å². The molecule has 0 aliphatic carbocycles. The number of carbonyl (C=O) groups excluding carboxylic acids is 1. The quantitative estimate of drug-likeness (QED) is 0.407. The van der Waals surface area contributed by atoms with Crippen LogP contribution in [0, 0.1) is 0 Å². The number of carbonyl (C=O) groups is 1. The highest BCUT2D eigenvalue weighted by molar-refractivity contribution is 6.04. The number of fused-ring (bicyclic) bond motifs is 3. The molecule has 0 aliphatic rings. The molecule has 1 unspecified atom stereocenters. The molecule has 0 saturated heterocycles. The van der Waals surface area contributed by atoms with E-state index >= 15 is 0 Å². The van der Waals surface area contributed by atoms with Crippen molar-refractivity contribution in [2.45, 2.75) is 26.4 Å². The van der Waals surface area contributed by atoms with E-state index in [0.29, 0.717) is 29.7 Å². The van der Waals surface area contributed by atoms with Gasteiger partial charge in [-0.3, -0.25) is 0 Å². The van der Waals surface area contributed by atoms with Gasteiger partial charge in [0.15, 0.2) is 6.10 Å². The van der Waals surface area contributed by atoms with Gasteiger partial charge in [-0.2, -0.15) is 0 Å². The fraction of sp³-hybridized carbons (Fsp3) is 0.263. The minimum absolute atomic E-state index is 0.303. The van der Waals surface area contributed by atoms with Gasteiger partial charge < -0.3 is 13.9 Å². The lowest BCUT2D eigenvalue weighted by atomic mass is 10.1. The van der Waals surface area contributed by atoms with Crippen LogP contribution in [0.15, 0.2) is 51.7 Å². The van der Waals surface area contributed by atoms with Crippen molar-refractivity contribution in [3.05, 3.63) is 52.9 Å². The highest BCUT2D eigenvalue weighted by Crippen LogP contribution is 2.27. The first-order chi connectivity index (χ1) is 11.6. The zero-order chi connectivity index (χ0) is 17.1. The van der Waals surface area contributed by atoms with Crippen LogP contribution < -0.4 is 10.4 Å². The average molecular weight is 326 g/mol. The van der Waals surface area contributed by atoms with E-state index in [1.165, 1.54) is 0 Å². The molecule has 0 aliphatic heterocycles. The van der Waals surface area contributed by atoms with Crippen LogP contribution in [-0.4, -0.2) is 18.7 Å². The van der Waals surface area contributed by atoms with Crippen molar-refractivity contribution in [3.8, 4) is 5.75 Å². The lowest BCUT2D eigenvalue weighted by Gasteiger charge is -2.16. The van der Waals surface area contributed by atoms with Crippen LogP contribution in [-0.2, 0) is 9.53 Å². The number of rotatable bonds is 5. The maximum absolute atomic E-state index is 12.1. The molecule has 0 spiro atoms. The predicted octanol–water partition coefficient (Wildman–Crippen LogP) is 3.67. The van der Waals surface area contributed by atoms with E-state index in [1.54, 1.807) is 31.2 Å². The minimum atomic E-state index is -0.686.